The predicted molar refractivity (Wildman–Crippen MR) is 256 cm³/mol. The Labute approximate surface area is 361 Å². The first kappa shape index (κ1) is 35.2. The van der Waals surface area contributed by atoms with Crippen molar-refractivity contribution in [2.45, 2.75) is 0 Å². The maximum absolute atomic E-state index is 6.54. The summed E-state index contributed by atoms with van der Waals surface area (Å²) >= 11 is 0. The zero-order chi connectivity index (χ0) is 41.4. The normalized spacial score (nSPS) is 11.8. The van der Waals surface area contributed by atoms with Crippen LogP contribution in [0.2, 0.25) is 0 Å². The minimum atomic E-state index is 0.589. The summed E-state index contributed by atoms with van der Waals surface area (Å²) in [5.41, 5.74) is 14.0. The zero-order valence-corrected chi connectivity index (χ0v) is 33.7. The summed E-state index contributed by atoms with van der Waals surface area (Å²) in [6.07, 6.45) is 0. The van der Waals surface area contributed by atoms with Crippen molar-refractivity contribution in [1.29, 1.82) is 0 Å². The Kier molecular flexibility index (Phi) is 7.80. The van der Waals surface area contributed by atoms with Gasteiger partial charge in [-0.2, -0.15) is 0 Å². The van der Waals surface area contributed by atoms with E-state index in [2.05, 4.69) is 126 Å². The standard InChI is InChI=1S/C57H34N4O2/c1-4-14-35(15-5-1)55-58-56(36-16-6-2-7-17-36)60-57(59-55)43-22-13-25-52-54(43)46-33-38(28-31-50(46)63-52)37-26-29-47-44(32-37)45-34-39(27-30-48(45)61(47)40-18-8-3-9-19-40)41-21-12-24-51-53(41)42-20-10-11-23-49(42)62-51/h1-34H. The third-order valence-corrected chi connectivity index (χ3v) is 12.3. The number of furan rings is 2. The van der Waals surface area contributed by atoms with Gasteiger partial charge in [-0.05, 0) is 89.0 Å². The molecule has 0 atom stereocenters. The molecule has 0 aliphatic carbocycles. The van der Waals surface area contributed by atoms with E-state index in [4.69, 9.17) is 23.8 Å². The van der Waals surface area contributed by atoms with Gasteiger partial charge in [0, 0.05) is 54.7 Å². The van der Waals surface area contributed by atoms with E-state index in [1.807, 2.05) is 84.9 Å². The second-order valence-electron chi connectivity index (χ2n) is 15.9. The molecule has 0 fully saturated rings. The maximum Gasteiger partial charge on any atom is 0.164 e. The van der Waals surface area contributed by atoms with Crippen LogP contribution in [0.1, 0.15) is 0 Å². The molecule has 6 nitrogen and oxygen atoms in total. The van der Waals surface area contributed by atoms with Crippen LogP contribution in [0.15, 0.2) is 215 Å². The molecule has 13 aromatic rings. The smallest absolute Gasteiger partial charge is 0.164 e. The van der Waals surface area contributed by atoms with Crippen LogP contribution in [-0.4, -0.2) is 19.5 Å². The van der Waals surface area contributed by atoms with E-state index in [0.29, 0.717) is 17.5 Å². The average Bonchev–Trinajstić information content (AvgIpc) is 4.03. The van der Waals surface area contributed by atoms with Crippen molar-refractivity contribution in [3.63, 3.8) is 0 Å². The van der Waals surface area contributed by atoms with Crippen LogP contribution < -0.4 is 0 Å². The molecule has 0 aliphatic rings. The first-order valence-electron chi connectivity index (χ1n) is 21.1. The van der Waals surface area contributed by atoms with Gasteiger partial charge in [-0.1, -0.05) is 140 Å². The van der Waals surface area contributed by atoms with Gasteiger partial charge in [0.1, 0.15) is 22.3 Å². The van der Waals surface area contributed by atoms with Gasteiger partial charge in [0.2, 0.25) is 0 Å². The lowest BCUT2D eigenvalue weighted by Crippen LogP contribution is -2.00. The van der Waals surface area contributed by atoms with Crippen molar-refractivity contribution >= 4 is 65.7 Å². The largest absolute Gasteiger partial charge is 0.456 e. The van der Waals surface area contributed by atoms with Crippen LogP contribution in [0, 0.1) is 0 Å². The molecule has 0 aliphatic heterocycles. The monoisotopic (exact) mass is 806 g/mol. The third kappa shape index (κ3) is 5.69. The van der Waals surface area contributed by atoms with Crippen molar-refractivity contribution < 1.29 is 8.83 Å². The number of hydrogen-bond donors (Lipinski definition) is 0. The van der Waals surface area contributed by atoms with E-state index in [1.54, 1.807) is 0 Å². The highest BCUT2D eigenvalue weighted by Gasteiger charge is 2.20. The van der Waals surface area contributed by atoms with E-state index >= 15 is 0 Å². The van der Waals surface area contributed by atoms with E-state index < -0.39 is 0 Å². The van der Waals surface area contributed by atoms with Crippen molar-refractivity contribution in [3.05, 3.63) is 206 Å². The van der Waals surface area contributed by atoms with Crippen LogP contribution in [0.5, 0.6) is 0 Å². The zero-order valence-electron chi connectivity index (χ0n) is 33.7. The molecule has 4 aromatic heterocycles. The quantitative estimate of drug-likeness (QED) is 0.167. The molecular formula is C57H34N4O2. The van der Waals surface area contributed by atoms with Gasteiger partial charge in [0.25, 0.3) is 0 Å². The van der Waals surface area contributed by atoms with E-state index in [0.717, 1.165) is 99.5 Å². The van der Waals surface area contributed by atoms with Crippen molar-refractivity contribution in [3.8, 4) is 62.1 Å². The number of rotatable bonds is 6. The van der Waals surface area contributed by atoms with E-state index in [1.165, 1.54) is 10.8 Å². The minimum absolute atomic E-state index is 0.589. The highest BCUT2D eigenvalue weighted by molar-refractivity contribution is 6.16. The number of hydrogen-bond acceptors (Lipinski definition) is 5. The fourth-order valence-corrected chi connectivity index (χ4v) is 9.36. The number of para-hydroxylation sites is 2. The lowest BCUT2D eigenvalue weighted by Gasteiger charge is -2.09. The molecule has 9 aromatic carbocycles. The molecule has 0 amide bonds. The summed E-state index contributed by atoms with van der Waals surface area (Å²) in [4.78, 5) is 15.1. The lowest BCUT2D eigenvalue weighted by atomic mass is 9.97. The molecule has 0 spiro atoms. The van der Waals surface area contributed by atoms with Crippen molar-refractivity contribution in [2.75, 3.05) is 0 Å². The number of fused-ring (bicyclic) bond motifs is 9. The van der Waals surface area contributed by atoms with Gasteiger partial charge in [0.15, 0.2) is 17.5 Å². The van der Waals surface area contributed by atoms with Gasteiger partial charge in [-0.3, -0.25) is 0 Å². The molecule has 0 saturated heterocycles. The second-order valence-corrected chi connectivity index (χ2v) is 15.9. The maximum atomic E-state index is 6.54. The van der Waals surface area contributed by atoms with Crippen LogP contribution >= 0.6 is 0 Å². The number of benzene rings is 9. The summed E-state index contributed by atoms with van der Waals surface area (Å²) < 4.78 is 15.2. The Morgan fingerprint density at radius 3 is 1.44 bits per heavy atom. The van der Waals surface area contributed by atoms with Gasteiger partial charge < -0.3 is 13.4 Å². The van der Waals surface area contributed by atoms with Crippen molar-refractivity contribution in [1.82, 2.24) is 19.5 Å². The van der Waals surface area contributed by atoms with Gasteiger partial charge in [-0.25, -0.2) is 15.0 Å². The van der Waals surface area contributed by atoms with Crippen molar-refractivity contribution in [2.24, 2.45) is 0 Å². The number of aromatic nitrogens is 4. The minimum Gasteiger partial charge on any atom is -0.456 e. The van der Waals surface area contributed by atoms with E-state index in [-0.39, 0.29) is 0 Å². The first-order valence-corrected chi connectivity index (χ1v) is 21.1. The second kappa shape index (κ2) is 14.0. The molecular weight excluding hydrogens is 773 g/mol. The van der Waals surface area contributed by atoms with E-state index in [9.17, 15) is 0 Å². The Hall–Kier alpha value is -8.61. The molecule has 13 rings (SSSR count). The SMILES string of the molecule is c1ccc(-c2nc(-c3ccccc3)nc(-c3cccc4oc5ccc(-c6ccc7c(c6)c6cc(-c8cccc9oc%10ccccc%10c89)ccc6n7-c6ccccc6)cc5c34)n2)cc1. The van der Waals surface area contributed by atoms with Crippen LogP contribution in [-0.2, 0) is 0 Å². The average molecular weight is 807 g/mol. The van der Waals surface area contributed by atoms with Gasteiger partial charge >= 0.3 is 0 Å². The molecule has 0 bridgehead atoms. The van der Waals surface area contributed by atoms with Crippen LogP contribution in [0.3, 0.4) is 0 Å². The Morgan fingerprint density at radius 1 is 0.302 bits per heavy atom. The Balaban J connectivity index is 1.00. The fraction of sp³-hybridized carbons (Fsp3) is 0. The summed E-state index contributed by atoms with van der Waals surface area (Å²) in [5, 5.41) is 6.55. The topological polar surface area (TPSA) is 69.9 Å². The molecule has 0 N–H and O–H groups in total. The van der Waals surface area contributed by atoms with Gasteiger partial charge in [-0.15, -0.1) is 0 Å². The molecule has 4 heterocycles. The van der Waals surface area contributed by atoms with Crippen LogP contribution in [0.4, 0.5) is 0 Å². The van der Waals surface area contributed by atoms with Crippen LogP contribution in [0.25, 0.3) is 128 Å². The highest BCUT2D eigenvalue weighted by atomic mass is 16.3. The summed E-state index contributed by atoms with van der Waals surface area (Å²) in [7, 11) is 0. The third-order valence-electron chi connectivity index (χ3n) is 12.3. The Bertz CT molecular complexity index is 3850. The fourth-order valence-electron chi connectivity index (χ4n) is 9.36. The molecule has 63 heavy (non-hydrogen) atoms. The molecule has 6 heteroatoms. The summed E-state index contributed by atoms with van der Waals surface area (Å²) in [6, 6.07) is 71.7. The van der Waals surface area contributed by atoms with Gasteiger partial charge in [0.05, 0.1) is 11.0 Å². The molecule has 0 radical (unpaired) electrons. The Morgan fingerprint density at radius 2 is 0.778 bits per heavy atom. The predicted octanol–water partition coefficient (Wildman–Crippen LogP) is 15.1. The molecule has 0 saturated carbocycles. The first-order chi connectivity index (χ1) is 31.2. The highest BCUT2D eigenvalue weighted by Crippen LogP contribution is 2.42. The summed E-state index contributed by atoms with van der Waals surface area (Å²) in [6.45, 7) is 0. The summed E-state index contributed by atoms with van der Waals surface area (Å²) in [5.74, 6) is 1.82. The number of nitrogens with zero attached hydrogens (tertiary/aromatic N) is 4. The molecule has 0 unspecified atom stereocenters. The lowest BCUT2D eigenvalue weighted by molar-refractivity contribution is 0.668. The molecule has 294 valence electrons.